The lowest BCUT2D eigenvalue weighted by Crippen LogP contribution is -2.41. The Bertz CT molecular complexity index is 330. The SMILES string of the molecule is CCC(=O)NCC(=O)NCCNC(=O)C(CC)C(C)C. The van der Waals surface area contributed by atoms with Gasteiger partial charge in [-0.3, -0.25) is 14.4 Å². The van der Waals surface area contributed by atoms with Gasteiger partial charge in [0.2, 0.25) is 17.7 Å². The van der Waals surface area contributed by atoms with Gasteiger partial charge in [-0.15, -0.1) is 0 Å². The third kappa shape index (κ3) is 7.76. The van der Waals surface area contributed by atoms with Gasteiger partial charge >= 0.3 is 0 Å². The normalized spacial score (nSPS) is 11.8. The van der Waals surface area contributed by atoms with E-state index in [4.69, 9.17) is 0 Å². The molecule has 6 nitrogen and oxygen atoms in total. The molecule has 0 saturated heterocycles. The molecule has 0 aromatic heterocycles. The highest BCUT2D eigenvalue weighted by molar-refractivity contribution is 5.84. The molecule has 0 spiro atoms. The van der Waals surface area contributed by atoms with E-state index in [0.29, 0.717) is 25.4 Å². The van der Waals surface area contributed by atoms with Gasteiger partial charge in [0.25, 0.3) is 0 Å². The summed E-state index contributed by atoms with van der Waals surface area (Å²) in [7, 11) is 0. The molecule has 116 valence electrons. The molecule has 6 heteroatoms. The van der Waals surface area contributed by atoms with Crippen molar-refractivity contribution in [1.29, 1.82) is 0 Å². The van der Waals surface area contributed by atoms with Crippen molar-refractivity contribution >= 4 is 17.7 Å². The van der Waals surface area contributed by atoms with Crippen LogP contribution in [-0.4, -0.2) is 37.4 Å². The minimum absolute atomic E-state index is 0.00884. The van der Waals surface area contributed by atoms with Gasteiger partial charge in [-0.2, -0.15) is 0 Å². The molecule has 20 heavy (non-hydrogen) atoms. The highest BCUT2D eigenvalue weighted by Crippen LogP contribution is 2.14. The second-order valence-electron chi connectivity index (χ2n) is 5.03. The molecule has 0 radical (unpaired) electrons. The summed E-state index contributed by atoms with van der Waals surface area (Å²) < 4.78 is 0. The largest absolute Gasteiger partial charge is 0.354 e. The van der Waals surface area contributed by atoms with E-state index in [9.17, 15) is 14.4 Å². The van der Waals surface area contributed by atoms with Crippen LogP contribution in [0, 0.1) is 11.8 Å². The predicted molar refractivity (Wildman–Crippen MR) is 77.9 cm³/mol. The van der Waals surface area contributed by atoms with E-state index >= 15 is 0 Å². The molecule has 0 aromatic carbocycles. The molecule has 0 aromatic rings. The van der Waals surface area contributed by atoms with Gasteiger partial charge in [0.1, 0.15) is 0 Å². The van der Waals surface area contributed by atoms with Gasteiger partial charge < -0.3 is 16.0 Å². The molecule has 3 amide bonds. The van der Waals surface area contributed by atoms with Gasteiger partial charge in [0.15, 0.2) is 0 Å². The molecular formula is C14H27N3O3. The van der Waals surface area contributed by atoms with Crippen molar-refractivity contribution < 1.29 is 14.4 Å². The highest BCUT2D eigenvalue weighted by atomic mass is 16.2. The monoisotopic (exact) mass is 285 g/mol. The molecule has 0 aliphatic heterocycles. The van der Waals surface area contributed by atoms with E-state index in [1.54, 1.807) is 6.92 Å². The Morgan fingerprint density at radius 1 is 0.900 bits per heavy atom. The Morgan fingerprint density at radius 3 is 2.00 bits per heavy atom. The number of carbonyl (C=O) groups excluding carboxylic acids is 3. The van der Waals surface area contributed by atoms with Crippen LogP contribution in [0.2, 0.25) is 0 Å². The number of hydrogen-bond donors (Lipinski definition) is 3. The zero-order chi connectivity index (χ0) is 15.5. The quantitative estimate of drug-likeness (QED) is 0.537. The molecule has 1 atom stereocenters. The van der Waals surface area contributed by atoms with Crippen molar-refractivity contribution in [3.8, 4) is 0 Å². The summed E-state index contributed by atoms with van der Waals surface area (Å²) in [5.74, 6) is -0.0717. The van der Waals surface area contributed by atoms with Crippen LogP contribution in [0.25, 0.3) is 0 Å². The number of nitrogens with one attached hydrogen (secondary N) is 3. The average Bonchev–Trinajstić information content (AvgIpc) is 2.41. The van der Waals surface area contributed by atoms with E-state index in [1.165, 1.54) is 0 Å². The van der Waals surface area contributed by atoms with Gasteiger partial charge in [-0.25, -0.2) is 0 Å². The maximum Gasteiger partial charge on any atom is 0.239 e. The molecule has 3 N–H and O–H groups in total. The van der Waals surface area contributed by atoms with Crippen molar-refractivity contribution in [2.24, 2.45) is 11.8 Å². The lowest BCUT2D eigenvalue weighted by atomic mass is 9.92. The minimum Gasteiger partial charge on any atom is -0.354 e. The number of rotatable bonds is 9. The molecule has 0 fully saturated rings. The molecule has 0 saturated carbocycles. The fourth-order valence-electron chi connectivity index (χ4n) is 1.84. The lowest BCUT2D eigenvalue weighted by molar-refractivity contribution is -0.127. The molecular weight excluding hydrogens is 258 g/mol. The summed E-state index contributed by atoms with van der Waals surface area (Å²) in [6, 6.07) is 0. The summed E-state index contributed by atoms with van der Waals surface area (Å²) in [6.45, 7) is 8.49. The van der Waals surface area contributed by atoms with Crippen LogP contribution < -0.4 is 16.0 Å². The molecule has 0 bridgehead atoms. The molecule has 0 aliphatic rings. The van der Waals surface area contributed by atoms with E-state index in [1.807, 2.05) is 20.8 Å². The van der Waals surface area contributed by atoms with Crippen LogP contribution in [0.4, 0.5) is 0 Å². The molecule has 0 aliphatic carbocycles. The Balaban J connectivity index is 3.77. The Hall–Kier alpha value is -1.59. The second-order valence-corrected chi connectivity index (χ2v) is 5.03. The summed E-state index contributed by atoms with van der Waals surface area (Å²) >= 11 is 0. The summed E-state index contributed by atoms with van der Waals surface area (Å²) in [5, 5.41) is 7.93. The van der Waals surface area contributed by atoms with Gasteiger partial charge in [-0.1, -0.05) is 27.7 Å². The first-order chi connectivity index (χ1) is 9.42. The Kier molecular flexibility index (Phi) is 9.41. The van der Waals surface area contributed by atoms with E-state index in [2.05, 4.69) is 16.0 Å². The van der Waals surface area contributed by atoms with Crippen molar-refractivity contribution in [3.05, 3.63) is 0 Å². The van der Waals surface area contributed by atoms with Crippen LogP contribution in [0.1, 0.15) is 40.5 Å². The van der Waals surface area contributed by atoms with Crippen molar-refractivity contribution in [1.82, 2.24) is 16.0 Å². The zero-order valence-electron chi connectivity index (χ0n) is 12.9. The van der Waals surface area contributed by atoms with Crippen molar-refractivity contribution in [3.63, 3.8) is 0 Å². The topological polar surface area (TPSA) is 87.3 Å². The summed E-state index contributed by atoms with van der Waals surface area (Å²) in [6.07, 6.45) is 1.16. The summed E-state index contributed by atoms with van der Waals surface area (Å²) in [4.78, 5) is 34.2. The lowest BCUT2D eigenvalue weighted by Gasteiger charge is -2.18. The predicted octanol–water partition coefficient (Wildman–Crippen LogP) is 0.427. The van der Waals surface area contributed by atoms with Gasteiger partial charge in [0.05, 0.1) is 6.54 Å². The highest BCUT2D eigenvalue weighted by Gasteiger charge is 2.19. The fourth-order valence-corrected chi connectivity index (χ4v) is 1.84. The number of hydrogen-bond acceptors (Lipinski definition) is 3. The average molecular weight is 285 g/mol. The maximum atomic E-state index is 11.8. The number of amides is 3. The second kappa shape index (κ2) is 10.2. The standard InChI is InChI=1S/C14H27N3O3/c1-5-11(10(3)4)14(20)16-8-7-15-13(19)9-17-12(18)6-2/h10-11H,5-9H2,1-4H3,(H,15,19)(H,16,20)(H,17,18). The third-order valence-corrected chi connectivity index (χ3v) is 3.09. The first-order valence-electron chi connectivity index (χ1n) is 7.23. The first-order valence-corrected chi connectivity index (χ1v) is 7.23. The van der Waals surface area contributed by atoms with Crippen LogP contribution >= 0.6 is 0 Å². The third-order valence-electron chi connectivity index (χ3n) is 3.09. The smallest absolute Gasteiger partial charge is 0.239 e. The zero-order valence-corrected chi connectivity index (χ0v) is 12.9. The minimum atomic E-state index is -0.253. The Labute approximate surface area is 121 Å². The number of carbonyl (C=O) groups is 3. The summed E-state index contributed by atoms with van der Waals surface area (Å²) in [5.41, 5.74) is 0. The van der Waals surface area contributed by atoms with Gasteiger partial charge in [-0.05, 0) is 12.3 Å². The first kappa shape index (κ1) is 18.4. The van der Waals surface area contributed by atoms with Crippen molar-refractivity contribution in [2.75, 3.05) is 19.6 Å². The van der Waals surface area contributed by atoms with Crippen LogP contribution in [0.3, 0.4) is 0 Å². The Morgan fingerprint density at radius 2 is 1.50 bits per heavy atom. The fraction of sp³-hybridized carbons (Fsp3) is 0.786. The van der Waals surface area contributed by atoms with Crippen molar-refractivity contribution in [2.45, 2.75) is 40.5 Å². The maximum absolute atomic E-state index is 11.8. The van der Waals surface area contributed by atoms with Crippen LogP contribution in [0.15, 0.2) is 0 Å². The molecule has 0 heterocycles. The van der Waals surface area contributed by atoms with Gasteiger partial charge in [0, 0.05) is 25.4 Å². The molecule has 0 rings (SSSR count). The van der Waals surface area contributed by atoms with Crippen LogP contribution in [0.5, 0.6) is 0 Å². The van der Waals surface area contributed by atoms with E-state index in [0.717, 1.165) is 6.42 Å². The van der Waals surface area contributed by atoms with Crippen LogP contribution in [-0.2, 0) is 14.4 Å². The van der Waals surface area contributed by atoms with E-state index in [-0.39, 0.29) is 30.2 Å². The van der Waals surface area contributed by atoms with E-state index < -0.39 is 0 Å². The molecule has 1 unspecified atom stereocenters.